The molecule has 0 aromatic heterocycles. The van der Waals surface area contributed by atoms with Crippen molar-refractivity contribution in [1.82, 2.24) is 10.2 Å². The molecule has 2 saturated heterocycles. The van der Waals surface area contributed by atoms with Gasteiger partial charge in [-0.25, -0.2) is 0 Å². The van der Waals surface area contributed by atoms with E-state index in [9.17, 15) is 4.79 Å². The third kappa shape index (κ3) is 2.95. The summed E-state index contributed by atoms with van der Waals surface area (Å²) in [5.41, 5.74) is 0. The zero-order valence-electron chi connectivity index (χ0n) is 12.7. The molecule has 4 nitrogen and oxygen atoms in total. The highest BCUT2D eigenvalue weighted by atomic mass is 16.5. The number of hydrogen-bond donors (Lipinski definition) is 1. The molecule has 2 rings (SSSR count). The fourth-order valence-corrected chi connectivity index (χ4v) is 3.29. The Morgan fingerprint density at radius 1 is 1.47 bits per heavy atom. The molecule has 0 radical (unpaired) electrons. The van der Waals surface area contributed by atoms with Crippen LogP contribution in [0.2, 0.25) is 0 Å². The van der Waals surface area contributed by atoms with E-state index in [1.54, 1.807) is 0 Å². The van der Waals surface area contributed by atoms with Crippen LogP contribution in [0.1, 0.15) is 47.0 Å². The van der Waals surface area contributed by atoms with E-state index in [-0.39, 0.29) is 18.1 Å². The Labute approximate surface area is 116 Å². The van der Waals surface area contributed by atoms with Crippen molar-refractivity contribution in [2.75, 3.05) is 13.2 Å². The highest BCUT2D eigenvalue weighted by Gasteiger charge is 2.41. The predicted octanol–water partition coefficient (Wildman–Crippen LogP) is 1.99. The van der Waals surface area contributed by atoms with Gasteiger partial charge in [-0.2, -0.15) is 0 Å². The lowest BCUT2D eigenvalue weighted by Crippen LogP contribution is -2.40. The second kappa shape index (κ2) is 6.23. The minimum Gasteiger partial charge on any atom is -0.378 e. The van der Waals surface area contributed by atoms with Crippen molar-refractivity contribution >= 4 is 5.91 Å². The van der Waals surface area contributed by atoms with Crippen molar-refractivity contribution in [3.05, 3.63) is 0 Å². The van der Waals surface area contributed by atoms with Crippen molar-refractivity contribution in [2.24, 2.45) is 11.8 Å². The number of carbonyl (C=O) groups is 1. The van der Waals surface area contributed by atoms with Gasteiger partial charge in [0, 0.05) is 19.1 Å². The predicted molar refractivity (Wildman–Crippen MR) is 75.7 cm³/mol. The van der Waals surface area contributed by atoms with Gasteiger partial charge in [0.25, 0.3) is 0 Å². The first-order chi connectivity index (χ1) is 9.08. The standard InChI is InChI=1S/C15H28N2O2/c1-5-10(3)14-15(18)17(11(4)16-14)9-12-7-8-19-13(12)6-2/h10-14,16H,5-9H2,1-4H3. The molecule has 110 valence electrons. The van der Waals surface area contributed by atoms with Crippen molar-refractivity contribution in [2.45, 2.75) is 65.3 Å². The van der Waals surface area contributed by atoms with Crippen LogP contribution in [-0.2, 0) is 9.53 Å². The second-order valence-corrected chi connectivity index (χ2v) is 6.06. The van der Waals surface area contributed by atoms with Gasteiger partial charge < -0.3 is 9.64 Å². The molecular weight excluding hydrogens is 240 g/mol. The highest BCUT2D eigenvalue weighted by Crippen LogP contribution is 2.27. The maximum atomic E-state index is 12.5. The van der Waals surface area contributed by atoms with Gasteiger partial charge in [-0.05, 0) is 25.7 Å². The summed E-state index contributed by atoms with van der Waals surface area (Å²) in [6.07, 6.45) is 3.66. The lowest BCUT2D eigenvalue weighted by molar-refractivity contribution is -0.131. The molecule has 0 spiro atoms. The van der Waals surface area contributed by atoms with E-state index in [1.807, 2.05) is 4.90 Å². The van der Waals surface area contributed by atoms with E-state index >= 15 is 0 Å². The van der Waals surface area contributed by atoms with Crippen LogP contribution >= 0.6 is 0 Å². The third-order valence-electron chi connectivity index (χ3n) is 4.83. The number of amides is 1. The molecule has 5 atom stereocenters. The smallest absolute Gasteiger partial charge is 0.241 e. The lowest BCUT2D eigenvalue weighted by atomic mass is 9.97. The molecule has 0 aliphatic carbocycles. The van der Waals surface area contributed by atoms with Gasteiger partial charge in [0.05, 0.1) is 18.3 Å². The normalized spacial score (nSPS) is 37.1. The molecule has 4 heteroatoms. The molecule has 2 heterocycles. The Morgan fingerprint density at radius 3 is 2.84 bits per heavy atom. The monoisotopic (exact) mass is 268 g/mol. The molecule has 2 aliphatic rings. The van der Waals surface area contributed by atoms with Gasteiger partial charge in [0.15, 0.2) is 0 Å². The number of nitrogens with one attached hydrogen (secondary N) is 1. The molecule has 0 bridgehead atoms. The first-order valence-corrected chi connectivity index (χ1v) is 7.76. The summed E-state index contributed by atoms with van der Waals surface area (Å²) in [7, 11) is 0. The maximum absolute atomic E-state index is 12.5. The Hall–Kier alpha value is -0.610. The number of rotatable bonds is 5. The number of hydrogen-bond acceptors (Lipinski definition) is 3. The molecule has 0 saturated carbocycles. The minimum absolute atomic E-state index is 0.00222. The molecule has 2 aliphatic heterocycles. The Balaban J connectivity index is 1.98. The van der Waals surface area contributed by atoms with E-state index in [0.29, 0.717) is 17.9 Å². The van der Waals surface area contributed by atoms with Crippen LogP contribution in [0.3, 0.4) is 0 Å². The van der Waals surface area contributed by atoms with Crippen LogP contribution in [0, 0.1) is 11.8 Å². The summed E-state index contributed by atoms with van der Waals surface area (Å²) in [5.74, 6) is 1.19. The quantitative estimate of drug-likeness (QED) is 0.829. The van der Waals surface area contributed by atoms with Gasteiger partial charge in [-0.15, -0.1) is 0 Å². The molecule has 2 fully saturated rings. The van der Waals surface area contributed by atoms with E-state index in [0.717, 1.165) is 32.4 Å². The van der Waals surface area contributed by atoms with Gasteiger partial charge in [-0.3, -0.25) is 10.1 Å². The summed E-state index contributed by atoms with van der Waals surface area (Å²) in [4.78, 5) is 14.5. The zero-order valence-corrected chi connectivity index (χ0v) is 12.7. The van der Waals surface area contributed by atoms with Gasteiger partial charge in [-0.1, -0.05) is 27.2 Å². The SMILES string of the molecule is CCC(C)C1NC(C)N(CC2CCOC2CC)C1=O. The molecular formula is C15H28N2O2. The first-order valence-electron chi connectivity index (χ1n) is 7.76. The van der Waals surface area contributed by atoms with Crippen LogP contribution in [0.4, 0.5) is 0 Å². The van der Waals surface area contributed by atoms with E-state index < -0.39 is 0 Å². The van der Waals surface area contributed by atoms with E-state index in [4.69, 9.17) is 4.74 Å². The van der Waals surface area contributed by atoms with Gasteiger partial charge in [0.2, 0.25) is 5.91 Å². The van der Waals surface area contributed by atoms with Gasteiger partial charge >= 0.3 is 0 Å². The van der Waals surface area contributed by atoms with Crippen LogP contribution in [-0.4, -0.2) is 42.3 Å². The zero-order chi connectivity index (χ0) is 14.0. The number of nitrogens with zero attached hydrogens (tertiary/aromatic N) is 1. The van der Waals surface area contributed by atoms with Crippen molar-refractivity contribution < 1.29 is 9.53 Å². The maximum Gasteiger partial charge on any atom is 0.241 e. The average Bonchev–Trinajstić information content (AvgIpc) is 2.97. The summed E-state index contributed by atoms with van der Waals surface area (Å²) in [6.45, 7) is 10.2. The average molecular weight is 268 g/mol. The number of carbonyl (C=O) groups excluding carboxylic acids is 1. The number of ether oxygens (including phenoxy) is 1. The first kappa shape index (κ1) is 14.8. The van der Waals surface area contributed by atoms with E-state index in [1.165, 1.54) is 0 Å². The fourth-order valence-electron chi connectivity index (χ4n) is 3.29. The van der Waals surface area contributed by atoms with Crippen molar-refractivity contribution in [3.8, 4) is 0 Å². The lowest BCUT2D eigenvalue weighted by Gasteiger charge is -2.26. The molecule has 5 unspecified atom stereocenters. The molecule has 1 N–H and O–H groups in total. The summed E-state index contributed by atoms with van der Waals surface area (Å²) in [6, 6.07) is 0.00222. The molecule has 0 aromatic rings. The van der Waals surface area contributed by atoms with Crippen molar-refractivity contribution in [1.29, 1.82) is 0 Å². The third-order valence-corrected chi connectivity index (χ3v) is 4.83. The van der Waals surface area contributed by atoms with Crippen LogP contribution in [0.25, 0.3) is 0 Å². The van der Waals surface area contributed by atoms with Crippen LogP contribution < -0.4 is 5.32 Å². The van der Waals surface area contributed by atoms with Crippen LogP contribution in [0.5, 0.6) is 0 Å². The van der Waals surface area contributed by atoms with Gasteiger partial charge in [0.1, 0.15) is 0 Å². The van der Waals surface area contributed by atoms with Crippen LogP contribution in [0.15, 0.2) is 0 Å². The molecule has 19 heavy (non-hydrogen) atoms. The van der Waals surface area contributed by atoms with Crippen molar-refractivity contribution in [3.63, 3.8) is 0 Å². The summed E-state index contributed by atoms with van der Waals surface area (Å²) < 4.78 is 5.73. The largest absolute Gasteiger partial charge is 0.378 e. The molecule has 0 aromatic carbocycles. The topological polar surface area (TPSA) is 41.6 Å². The minimum atomic E-state index is 0.00222. The Bertz CT molecular complexity index is 321. The highest BCUT2D eigenvalue weighted by molar-refractivity contribution is 5.84. The summed E-state index contributed by atoms with van der Waals surface area (Å²) in [5, 5.41) is 3.45. The Kier molecular flexibility index (Phi) is 4.85. The fraction of sp³-hybridized carbons (Fsp3) is 0.933. The molecule has 1 amide bonds. The second-order valence-electron chi connectivity index (χ2n) is 6.06. The Morgan fingerprint density at radius 2 is 2.21 bits per heavy atom. The van der Waals surface area contributed by atoms with E-state index in [2.05, 4.69) is 33.0 Å². The summed E-state index contributed by atoms with van der Waals surface area (Å²) >= 11 is 0.